The van der Waals surface area contributed by atoms with Crippen molar-refractivity contribution in [2.45, 2.75) is 18.9 Å². The van der Waals surface area contributed by atoms with E-state index in [2.05, 4.69) is 34.7 Å². The lowest BCUT2D eigenvalue weighted by Crippen LogP contribution is -2.21. The van der Waals surface area contributed by atoms with Crippen molar-refractivity contribution in [3.05, 3.63) is 34.9 Å². The van der Waals surface area contributed by atoms with Crippen molar-refractivity contribution in [2.24, 2.45) is 5.92 Å². The van der Waals surface area contributed by atoms with Gasteiger partial charge in [-0.25, -0.2) is 0 Å². The Morgan fingerprint density at radius 1 is 1.28 bits per heavy atom. The molecule has 2 rings (SSSR count). The molecule has 0 spiro atoms. The number of hydrogen-bond donors (Lipinski definition) is 0. The van der Waals surface area contributed by atoms with Gasteiger partial charge in [-0.1, -0.05) is 46.3 Å². The van der Waals surface area contributed by atoms with Gasteiger partial charge in [-0.2, -0.15) is 0 Å². The monoisotopic (exact) mass is 380 g/mol. The second-order valence-corrected chi connectivity index (χ2v) is 5.90. The van der Waals surface area contributed by atoms with Crippen molar-refractivity contribution < 1.29 is 9.47 Å². The van der Waals surface area contributed by atoms with Crippen LogP contribution in [0.3, 0.4) is 0 Å². The molecule has 0 amide bonds. The van der Waals surface area contributed by atoms with Gasteiger partial charge in [0, 0.05) is 22.7 Å². The maximum atomic E-state index is 6.05. The van der Waals surface area contributed by atoms with Gasteiger partial charge in [0.2, 0.25) is 0 Å². The molecule has 1 unspecified atom stereocenters. The highest BCUT2D eigenvalue weighted by Crippen LogP contribution is 2.24. The highest BCUT2D eigenvalue weighted by Gasteiger charge is 2.17. The molecule has 1 aliphatic rings. The number of ether oxygens (including phenoxy) is 2. The molecule has 0 saturated carbocycles. The number of benzene rings is 1. The third kappa shape index (κ3) is 4.37. The van der Waals surface area contributed by atoms with Crippen LogP contribution in [0.4, 0.5) is 0 Å². The zero-order valence-electron chi connectivity index (χ0n) is 10.3. The molecule has 1 saturated heterocycles. The molecule has 100 valence electrons. The van der Waals surface area contributed by atoms with Crippen molar-refractivity contribution in [1.82, 2.24) is 0 Å². The summed E-state index contributed by atoms with van der Waals surface area (Å²) in [6, 6.07) is 7.95. The van der Waals surface area contributed by atoms with E-state index < -0.39 is 0 Å². The van der Waals surface area contributed by atoms with E-state index in [-0.39, 0.29) is 6.10 Å². The Hall–Kier alpha value is 0.160. The first-order chi connectivity index (χ1) is 8.79. The molecular formula is C14H18ClIO2. The average Bonchev–Trinajstić information content (AvgIpc) is 2.42. The predicted octanol–water partition coefficient (Wildman–Crippen LogP) is 4.26. The number of hydrogen-bond acceptors (Lipinski definition) is 2. The van der Waals surface area contributed by atoms with Gasteiger partial charge in [-0.05, 0) is 36.5 Å². The highest BCUT2D eigenvalue weighted by molar-refractivity contribution is 14.1. The minimum atomic E-state index is 0.172. The SMILES string of the molecule is Clc1ccc(C(CI)OCC2CCOCC2)cc1. The first-order valence-corrected chi connectivity index (χ1v) is 8.20. The zero-order chi connectivity index (χ0) is 12.8. The molecule has 1 heterocycles. The van der Waals surface area contributed by atoms with E-state index in [9.17, 15) is 0 Å². The minimum Gasteiger partial charge on any atom is -0.381 e. The van der Waals surface area contributed by atoms with Gasteiger partial charge < -0.3 is 9.47 Å². The molecule has 0 aliphatic carbocycles. The van der Waals surface area contributed by atoms with Crippen LogP contribution in [0, 0.1) is 5.92 Å². The van der Waals surface area contributed by atoms with Gasteiger partial charge in [-0.15, -0.1) is 0 Å². The summed E-state index contributed by atoms with van der Waals surface area (Å²) in [4.78, 5) is 0. The lowest BCUT2D eigenvalue weighted by atomic mass is 10.0. The van der Waals surface area contributed by atoms with E-state index in [1.807, 2.05) is 12.1 Å². The molecule has 0 aromatic heterocycles. The van der Waals surface area contributed by atoms with Gasteiger partial charge in [0.1, 0.15) is 0 Å². The van der Waals surface area contributed by atoms with E-state index in [1.165, 1.54) is 5.56 Å². The van der Waals surface area contributed by atoms with Crippen LogP contribution in [0.1, 0.15) is 24.5 Å². The minimum absolute atomic E-state index is 0.172. The lowest BCUT2D eigenvalue weighted by molar-refractivity contribution is -0.00323. The largest absolute Gasteiger partial charge is 0.381 e. The van der Waals surface area contributed by atoms with Crippen LogP contribution in [0.2, 0.25) is 5.02 Å². The molecular weight excluding hydrogens is 363 g/mol. The summed E-state index contributed by atoms with van der Waals surface area (Å²) in [5, 5.41) is 0.774. The average molecular weight is 381 g/mol. The molecule has 4 heteroatoms. The smallest absolute Gasteiger partial charge is 0.0914 e. The Kier molecular flexibility index (Phi) is 6.21. The summed E-state index contributed by atoms with van der Waals surface area (Å²) < 4.78 is 12.4. The number of rotatable bonds is 5. The number of alkyl halides is 1. The Morgan fingerprint density at radius 3 is 2.56 bits per heavy atom. The second kappa shape index (κ2) is 7.68. The maximum absolute atomic E-state index is 6.05. The van der Waals surface area contributed by atoms with Crippen LogP contribution < -0.4 is 0 Å². The van der Waals surface area contributed by atoms with Crippen LogP contribution in [-0.2, 0) is 9.47 Å². The molecule has 1 fully saturated rings. The van der Waals surface area contributed by atoms with E-state index in [0.717, 1.165) is 42.1 Å². The van der Waals surface area contributed by atoms with Gasteiger partial charge in [-0.3, -0.25) is 0 Å². The predicted molar refractivity (Wildman–Crippen MR) is 82.6 cm³/mol. The van der Waals surface area contributed by atoms with Crippen molar-refractivity contribution in [3.63, 3.8) is 0 Å². The molecule has 0 bridgehead atoms. The summed E-state index contributed by atoms with van der Waals surface area (Å²) in [5.74, 6) is 0.650. The van der Waals surface area contributed by atoms with Crippen LogP contribution >= 0.6 is 34.2 Å². The van der Waals surface area contributed by atoms with Crippen molar-refractivity contribution in [2.75, 3.05) is 24.2 Å². The molecule has 1 atom stereocenters. The van der Waals surface area contributed by atoms with E-state index in [4.69, 9.17) is 21.1 Å². The Labute approximate surface area is 127 Å². The fraction of sp³-hybridized carbons (Fsp3) is 0.571. The lowest BCUT2D eigenvalue weighted by Gasteiger charge is -2.24. The Morgan fingerprint density at radius 2 is 1.94 bits per heavy atom. The fourth-order valence-electron chi connectivity index (χ4n) is 2.07. The maximum Gasteiger partial charge on any atom is 0.0914 e. The molecule has 0 N–H and O–H groups in total. The first-order valence-electron chi connectivity index (χ1n) is 6.30. The van der Waals surface area contributed by atoms with Crippen LogP contribution in [0.25, 0.3) is 0 Å². The zero-order valence-corrected chi connectivity index (χ0v) is 13.2. The van der Waals surface area contributed by atoms with Crippen LogP contribution in [-0.4, -0.2) is 24.2 Å². The third-order valence-corrected chi connectivity index (χ3v) is 4.31. The quantitative estimate of drug-likeness (QED) is 0.561. The van der Waals surface area contributed by atoms with Crippen molar-refractivity contribution in [1.29, 1.82) is 0 Å². The van der Waals surface area contributed by atoms with E-state index in [1.54, 1.807) is 0 Å². The summed E-state index contributed by atoms with van der Waals surface area (Å²) >= 11 is 8.27. The summed E-state index contributed by atoms with van der Waals surface area (Å²) in [7, 11) is 0. The first kappa shape index (κ1) is 14.6. The van der Waals surface area contributed by atoms with E-state index in [0.29, 0.717) is 5.92 Å². The molecule has 2 nitrogen and oxygen atoms in total. The van der Waals surface area contributed by atoms with Crippen molar-refractivity contribution >= 4 is 34.2 Å². The Bertz CT molecular complexity index is 349. The fourth-order valence-corrected chi connectivity index (χ4v) is 2.96. The standard InChI is InChI=1S/C14H18ClIO2/c15-13-3-1-12(2-4-13)14(9-16)18-10-11-5-7-17-8-6-11/h1-4,11,14H,5-10H2. The van der Waals surface area contributed by atoms with Gasteiger partial charge in [0.05, 0.1) is 12.7 Å². The summed E-state index contributed by atoms with van der Waals surface area (Å²) in [6.45, 7) is 2.59. The second-order valence-electron chi connectivity index (χ2n) is 4.58. The van der Waals surface area contributed by atoms with E-state index >= 15 is 0 Å². The van der Waals surface area contributed by atoms with Gasteiger partial charge >= 0.3 is 0 Å². The van der Waals surface area contributed by atoms with Crippen LogP contribution in [0.5, 0.6) is 0 Å². The molecule has 1 aliphatic heterocycles. The normalized spacial score (nSPS) is 18.8. The van der Waals surface area contributed by atoms with Crippen LogP contribution in [0.15, 0.2) is 24.3 Å². The summed E-state index contributed by atoms with van der Waals surface area (Å²) in [6.07, 6.45) is 2.41. The number of halogens is 2. The third-order valence-electron chi connectivity index (χ3n) is 3.26. The molecule has 1 aromatic rings. The highest BCUT2D eigenvalue weighted by atomic mass is 127. The Balaban J connectivity index is 1.86. The topological polar surface area (TPSA) is 18.5 Å². The summed E-state index contributed by atoms with van der Waals surface area (Å²) in [5.41, 5.74) is 1.21. The molecule has 18 heavy (non-hydrogen) atoms. The van der Waals surface area contributed by atoms with Crippen molar-refractivity contribution in [3.8, 4) is 0 Å². The molecule has 1 aromatic carbocycles. The molecule has 0 radical (unpaired) electrons. The van der Waals surface area contributed by atoms with Gasteiger partial charge in [0.25, 0.3) is 0 Å². The van der Waals surface area contributed by atoms with Gasteiger partial charge in [0.15, 0.2) is 0 Å².